The number of nitrogens with one attached hydrogen (secondary N) is 1. The molecular weight excluding hydrogens is 449 g/mol. The van der Waals surface area contributed by atoms with E-state index in [1.807, 2.05) is 32.0 Å². The van der Waals surface area contributed by atoms with E-state index < -0.39 is 17.6 Å². The van der Waals surface area contributed by atoms with Crippen LogP contribution in [0.5, 0.6) is 0 Å². The van der Waals surface area contributed by atoms with E-state index in [-0.39, 0.29) is 12.1 Å². The summed E-state index contributed by atoms with van der Waals surface area (Å²) in [5, 5.41) is 9.29. The number of alkyl halides is 3. The van der Waals surface area contributed by atoms with Gasteiger partial charge in [0.2, 0.25) is 11.0 Å². The van der Waals surface area contributed by atoms with Crippen LogP contribution >= 0.6 is 11.3 Å². The number of carbonyl (C=O) groups excluding carboxylic acids is 1. The van der Waals surface area contributed by atoms with Crippen LogP contribution in [0, 0.1) is 13.8 Å². The molecule has 0 saturated heterocycles. The topological polar surface area (TPSA) is 59.8 Å². The highest BCUT2D eigenvalue weighted by atomic mass is 32.1. The number of aryl methyl sites for hydroxylation is 1. The van der Waals surface area contributed by atoms with Crippen molar-refractivity contribution in [3.8, 4) is 5.13 Å². The van der Waals surface area contributed by atoms with Crippen molar-refractivity contribution in [1.29, 1.82) is 0 Å². The Hall–Kier alpha value is -3.46. The van der Waals surface area contributed by atoms with Gasteiger partial charge in [-0.15, -0.1) is 11.3 Å². The number of hydrogen-bond acceptors (Lipinski definition) is 4. The molecule has 0 aliphatic carbocycles. The molecule has 5 nitrogen and oxygen atoms in total. The molecule has 0 spiro atoms. The van der Waals surface area contributed by atoms with Gasteiger partial charge in [0.25, 0.3) is 0 Å². The van der Waals surface area contributed by atoms with Gasteiger partial charge in [-0.3, -0.25) is 4.79 Å². The van der Waals surface area contributed by atoms with E-state index in [2.05, 4.69) is 27.5 Å². The lowest BCUT2D eigenvalue weighted by atomic mass is 10.0. The van der Waals surface area contributed by atoms with Crippen molar-refractivity contribution in [2.45, 2.75) is 32.9 Å². The molecule has 0 aliphatic heterocycles. The van der Waals surface area contributed by atoms with Crippen LogP contribution < -0.4 is 5.32 Å². The van der Waals surface area contributed by atoms with Gasteiger partial charge in [0.1, 0.15) is 0 Å². The SMILES string of the molecule is Cc1nn(-c2nc(CC(=O)Nc3ccccc3C(F)(F)F)cs2)c(C)c1Cc1ccccc1. The molecule has 0 fully saturated rings. The smallest absolute Gasteiger partial charge is 0.325 e. The van der Waals surface area contributed by atoms with Crippen molar-refractivity contribution in [2.24, 2.45) is 0 Å². The molecule has 1 N–H and O–H groups in total. The van der Waals surface area contributed by atoms with Crippen LogP contribution in [0.2, 0.25) is 0 Å². The van der Waals surface area contributed by atoms with Gasteiger partial charge in [-0.25, -0.2) is 9.67 Å². The lowest BCUT2D eigenvalue weighted by Gasteiger charge is -2.13. The van der Waals surface area contributed by atoms with Crippen LogP contribution in [0.3, 0.4) is 0 Å². The number of aromatic nitrogens is 3. The van der Waals surface area contributed by atoms with Gasteiger partial charge in [0.15, 0.2) is 0 Å². The van der Waals surface area contributed by atoms with Crippen molar-refractivity contribution in [3.05, 3.63) is 93.7 Å². The van der Waals surface area contributed by atoms with Crippen LogP contribution in [-0.2, 0) is 23.8 Å². The Morgan fingerprint density at radius 1 is 1.06 bits per heavy atom. The molecule has 9 heteroatoms. The van der Waals surface area contributed by atoms with Crippen LogP contribution in [0.4, 0.5) is 18.9 Å². The second kappa shape index (κ2) is 9.19. The molecule has 1 amide bonds. The highest BCUT2D eigenvalue weighted by molar-refractivity contribution is 7.12. The summed E-state index contributed by atoms with van der Waals surface area (Å²) in [6.07, 6.45) is -3.94. The Morgan fingerprint density at radius 3 is 2.48 bits per heavy atom. The van der Waals surface area contributed by atoms with E-state index in [4.69, 9.17) is 0 Å². The molecule has 0 unspecified atom stereocenters. The Bertz CT molecular complexity index is 1280. The minimum Gasteiger partial charge on any atom is -0.325 e. The number of thiazole rings is 1. The van der Waals surface area contributed by atoms with Crippen LogP contribution in [-0.4, -0.2) is 20.7 Å². The maximum atomic E-state index is 13.2. The fourth-order valence-electron chi connectivity index (χ4n) is 3.59. The first-order valence-electron chi connectivity index (χ1n) is 10.2. The number of rotatable bonds is 6. The predicted octanol–water partition coefficient (Wildman–Crippen LogP) is 5.74. The largest absolute Gasteiger partial charge is 0.418 e. The molecule has 0 saturated carbocycles. The third kappa shape index (κ3) is 5.14. The second-order valence-electron chi connectivity index (χ2n) is 7.61. The van der Waals surface area contributed by atoms with E-state index in [0.29, 0.717) is 10.8 Å². The van der Waals surface area contributed by atoms with E-state index in [0.717, 1.165) is 29.4 Å². The van der Waals surface area contributed by atoms with Crippen LogP contribution in [0.15, 0.2) is 60.0 Å². The van der Waals surface area contributed by atoms with Gasteiger partial charge in [0.05, 0.1) is 29.1 Å². The number of hydrogen-bond donors (Lipinski definition) is 1. The van der Waals surface area contributed by atoms with E-state index in [9.17, 15) is 18.0 Å². The van der Waals surface area contributed by atoms with E-state index in [1.165, 1.54) is 35.1 Å². The summed E-state index contributed by atoms with van der Waals surface area (Å²) in [5.74, 6) is -0.568. The Balaban J connectivity index is 1.49. The number of anilines is 1. The van der Waals surface area contributed by atoms with Crippen molar-refractivity contribution < 1.29 is 18.0 Å². The zero-order chi connectivity index (χ0) is 23.6. The lowest BCUT2D eigenvalue weighted by molar-refractivity contribution is -0.137. The molecule has 4 aromatic rings. The predicted molar refractivity (Wildman–Crippen MR) is 122 cm³/mol. The van der Waals surface area contributed by atoms with Gasteiger partial charge in [0, 0.05) is 23.1 Å². The van der Waals surface area contributed by atoms with Crippen LogP contribution in [0.1, 0.15) is 33.8 Å². The van der Waals surface area contributed by atoms with Gasteiger partial charge in [-0.1, -0.05) is 42.5 Å². The summed E-state index contributed by atoms with van der Waals surface area (Å²) in [4.78, 5) is 16.9. The molecule has 2 heterocycles. The first-order chi connectivity index (χ1) is 15.7. The summed E-state index contributed by atoms with van der Waals surface area (Å²) in [7, 11) is 0. The first-order valence-corrected chi connectivity index (χ1v) is 11.1. The van der Waals surface area contributed by atoms with E-state index >= 15 is 0 Å². The summed E-state index contributed by atoms with van der Waals surface area (Å²) < 4.78 is 41.2. The number of halogens is 3. The molecule has 0 atom stereocenters. The van der Waals surface area contributed by atoms with Gasteiger partial charge in [-0.05, 0) is 31.5 Å². The number of benzene rings is 2. The summed E-state index contributed by atoms with van der Waals surface area (Å²) in [6.45, 7) is 3.92. The van der Waals surface area contributed by atoms with Gasteiger partial charge >= 0.3 is 6.18 Å². The number of para-hydroxylation sites is 1. The molecular formula is C24H21F3N4OS. The quantitative estimate of drug-likeness (QED) is 0.391. The Kier molecular flexibility index (Phi) is 6.33. The third-order valence-electron chi connectivity index (χ3n) is 5.23. The standard InChI is InChI=1S/C24H21F3N4OS/c1-15-19(12-17-8-4-3-5-9-17)16(2)31(30-15)23-28-18(14-33-23)13-22(32)29-21-11-7-6-10-20(21)24(25,26)27/h3-11,14H,12-13H2,1-2H3,(H,29,32). The molecule has 0 bridgehead atoms. The average Bonchev–Trinajstić information content (AvgIpc) is 3.33. The Morgan fingerprint density at radius 2 is 1.76 bits per heavy atom. The fourth-order valence-corrected chi connectivity index (χ4v) is 4.42. The van der Waals surface area contributed by atoms with Gasteiger partial charge in [-0.2, -0.15) is 18.3 Å². The zero-order valence-electron chi connectivity index (χ0n) is 18.0. The van der Waals surface area contributed by atoms with E-state index in [1.54, 1.807) is 10.1 Å². The molecule has 2 aromatic carbocycles. The first kappa shape index (κ1) is 22.7. The number of carbonyl (C=O) groups is 1. The normalized spacial score (nSPS) is 11.5. The Labute approximate surface area is 192 Å². The summed E-state index contributed by atoms with van der Waals surface area (Å²) in [5.41, 5.74) is 3.46. The van der Waals surface area contributed by atoms with Crippen molar-refractivity contribution in [1.82, 2.24) is 14.8 Å². The molecule has 0 radical (unpaired) electrons. The number of amides is 1. The maximum Gasteiger partial charge on any atom is 0.418 e. The molecule has 0 aliphatic rings. The summed E-state index contributed by atoms with van der Waals surface area (Å²) in [6, 6.07) is 15.0. The molecule has 33 heavy (non-hydrogen) atoms. The van der Waals surface area contributed by atoms with Gasteiger partial charge < -0.3 is 5.32 Å². The van der Waals surface area contributed by atoms with Crippen molar-refractivity contribution >= 4 is 22.9 Å². The molecule has 4 rings (SSSR count). The van der Waals surface area contributed by atoms with Crippen molar-refractivity contribution in [2.75, 3.05) is 5.32 Å². The fraction of sp³-hybridized carbons (Fsp3) is 0.208. The zero-order valence-corrected chi connectivity index (χ0v) is 18.8. The van der Waals surface area contributed by atoms with Crippen molar-refractivity contribution in [3.63, 3.8) is 0 Å². The second-order valence-corrected chi connectivity index (χ2v) is 8.45. The highest BCUT2D eigenvalue weighted by Gasteiger charge is 2.33. The lowest BCUT2D eigenvalue weighted by Crippen LogP contribution is -2.18. The third-order valence-corrected chi connectivity index (χ3v) is 6.10. The minimum atomic E-state index is -4.55. The monoisotopic (exact) mass is 470 g/mol. The average molecular weight is 471 g/mol. The van der Waals surface area contributed by atoms with Crippen LogP contribution in [0.25, 0.3) is 5.13 Å². The minimum absolute atomic E-state index is 0.140. The maximum absolute atomic E-state index is 13.2. The highest BCUT2D eigenvalue weighted by Crippen LogP contribution is 2.34. The number of nitrogens with zero attached hydrogens (tertiary/aromatic N) is 3. The molecule has 170 valence electrons. The summed E-state index contributed by atoms with van der Waals surface area (Å²) >= 11 is 1.33. The molecule has 2 aromatic heterocycles.